The van der Waals surface area contributed by atoms with Crippen molar-refractivity contribution in [2.45, 2.75) is 0 Å². The first kappa shape index (κ1) is 8.83. The van der Waals surface area contributed by atoms with E-state index in [0.29, 0.717) is 10.1 Å². The Hall–Kier alpha value is 0.832. The van der Waals surface area contributed by atoms with Crippen molar-refractivity contribution in [3.05, 3.63) is 0 Å². The van der Waals surface area contributed by atoms with Crippen LogP contribution in [0, 0.1) is 0 Å². The zero-order chi connectivity index (χ0) is 5.28. The summed E-state index contributed by atoms with van der Waals surface area (Å²) in [5.41, 5.74) is 0. The third-order valence-electron chi connectivity index (χ3n) is 0.576. The molecule has 8 heavy (non-hydrogen) atoms. The van der Waals surface area contributed by atoms with E-state index in [0.717, 1.165) is 0 Å². The molecule has 44 valence electrons. The van der Waals surface area contributed by atoms with Gasteiger partial charge in [0.25, 0.3) is 0 Å². The van der Waals surface area contributed by atoms with Crippen LogP contribution < -0.4 is 5.32 Å². The van der Waals surface area contributed by atoms with Gasteiger partial charge >= 0.3 is 27.3 Å². The first-order valence-electron chi connectivity index (χ1n) is 1.75. The molecular formula is C3H5NOPbS2. The summed E-state index contributed by atoms with van der Waals surface area (Å²) in [4.78, 5) is 10.2. The Morgan fingerprint density at radius 1 is 1.75 bits per heavy atom. The van der Waals surface area contributed by atoms with Crippen molar-refractivity contribution in [3.8, 4) is 0 Å². The van der Waals surface area contributed by atoms with E-state index in [1.165, 1.54) is 11.8 Å². The topological polar surface area (TPSA) is 29.1 Å². The van der Waals surface area contributed by atoms with Crippen LogP contribution in [0.1, 0.15) is 0 Å². The van der Waals surface area contributed by atoms with Gasteiger partial charge in [-0.3, -0.25) is 4.79 Å². The number of carbonyl (C=O) groups is 1. The van der Waals surface area contributed by atoms with Crippen molar-refractivity contribution >= 4 is 61.5 Å². The molecule has 0 aromatic heterocycles. The van der Waals surface area contributed by atoms with E-state index in [2.05, 4.69) is 17.5 Å². The van der Waals surface area contributed by atoms with Gasteiger partial charge in [0, 0.05) is 0 Å². The maximum atomic E-state index is 10.2. The van der Waals surface area contributed by atoms with E-state index in [9.17, 15) is 4.79 Å². The number of thiocarbonyl (C=S) groups is 1. The number of rotatable bonds is 0. The van der Waals surface area contributed by atoms with E-state index < -0.39 is 0 Å². The molecule has 0 unspecified atom stereocenters. The molecule has 0 atom stereocenters. The van der Waals surface area contributed by atoms with Gasteiger partial charge in [-0.1, -0.05) is 24.0 Å². The third kappa shape index (κ3) is 2.40. The third-order valence-corrected chi connectivity index (χ3v) is 1.80. The molecule has 0 saturated carbocycles. The first-order valence-corrected chi connectivity index (χ1v) is 3.15. The molecule has 1 heterocycles. The Morgan fingerprint density at radius 2 is 2.38 bits per heavy atom. The zero-order valence-corrected chi connectivity index (χ0v) is 11.3. The van der Waals surface area contributed by atoms with Gasteiger partial charge in [0.15, 0.2) is 0 Å². The molecule has 0 aromatic rings. The van der Waals surface area contributed by atoms with Gasteiger partial charge in [-0.15, -0.1) is 0 Å². The van der Waals surface area contributed by atoms with E-state index in [4.69, 9.17) is 0 Å². The summed E-state index contributed by atoms with van der Waals surface area (Å²) in [5, 5.41) is 2.47. The Labute approximate surface area is 76.9 Å². The van der Waals surface area contributed by atoms with Crippen LogP contribution in [0.4, 0.5) is 0 Å². The van der Waals surface area contributed by atoms with Gasteiger partial charge in [0.2, 0.25) is 5.91 Å². The molecule has 0 aliphatic carbocycles. The second-order valence-corrected chi connectivity index (χ2v) is 2.78. The van der Waals surface area contributed by atoms with Crippen LogP contribution in [-0.4, -0.2) is 43.3 Å². The van der Waals surface area contributed by atoms with Crippen molar-refractivity contribution in [2.75, 3.05) is 5.75 Å². The van der Waals surface area contributed by atoms with E-state index in [1.807, 2.05) is 0 Å². The van der Waals surface area contributed by atoms with Crippen LogP contribution >= 0.6 is 24.0 Å². The maximum absolute atomic E-state index is 10.2. The summed E-state index contributed by atoms with van der Waals surface area (Å²) in [6.07, 6.45) is 0. The van der Waals surface area contributed by atoms with Crippen molar-refractivity contribution in [2.24, 2.45) is 0 Å². The predicted molar refractivity (Wildman–Crippen MR) is 41.7 cm³/mol. The SMILES string of the molecule is O=C1CSC(=S)N1.[PbH2]. The van der Waals surface area contributed by atoms with Gasteiger partial charge in [0.05, 0.1) is 5.75 Å². The molecule has 1 saturated heterocycles. The van der Waals surface area contributed by atoms with E-state index in [-0.39, 0.29) is 33.2 Å². The van der Waals surface area contributed by atoms with Gasteiger partial charge < -0.3 is 5.32 Å². The molecule has 1 amide bonds. The molecular weight excluding hydrogens is 337 g/mol. The normalized spacial score (nSPS) is 17.5. The number of hydrogen-bond acceptors (Lipinski definition) is 3. The number of hydrogen-bond donors (Lipinski definition) is 1. The summed E-state index contributed by atoms with van der Waals surface area (Å²) >= 11 is 6.00. The van der Waals surface area contributed by atoms with Gasteiger partial charge in [-0.2, -0.15) is 0 Å². The van der Waals surface area contributed by atoms with Crippen molar-refractivity contribution in [1.82, 2.24) is 5.32 Å². The molecule has 1 aliphatic rings. The second kappa shape index (κ2) is 3.78. The zero-order valence-electron chi connectivity index (χ0n) is 4.14. The first-order chi connectivity index (χ1) is 3.29. The van der Waals surface area contributed by atoms with Gasteiger partial charge in [-0.05, 0) is 0 Å². The monoisotopic (exact) mass is 343 g/mol. The molecule has 1 aliphatic heterocycles. The average molecular weight is 342 g/mol. The van der Waals surface area contributed by atoms with Gasteiger partial charge in [0.1, 0.15) is 4.32 Å². The second-order valence-electron chi connectivity index (χ2n) is 1.12. The minimum atomic E-state index is 0. The Kier molecular flexibility index (Phi) is 4.18. The summed E-state index contributed by atoms with van der Waals surface area (Å²) < 4.78 is 0.602. The van der Waals surface area contributed by atoms with Crippen LogP contribution in [0.5, 0.6) is 0 Å². The molecule has 2 nitrogen and oxygen atoms in total. The summed E-state index contributed by atoms with van der Waals surface area (Å²) in [6, 6.07) is 0. The summed E-state index contributed by atoms with van der Waals surface area (Å²) in [7, 11) is 0. The minimum absolute atomic E-state index is 0. The fraction of sp³-hybridized carbons (Fsp3) is 0.333. The van der Waals surface area contributed by atoms with Crippen LogP contribution in [-0.2, 0) is 4.79 Å². The number of carbonyl (C=O) groups excluding carboxylic acids is 1. The van der Waals surface area contributed by atoms with Crippen LogP contribution in [0.15, 0.2) is 0 Å². The van der Waals surface area contributed by atoms with Crippen LogP contribution in [0.3, 0.4) is 0 Å². The summed E-state index contributed by atoms with van der Waals surface area (Å²) in [5.74, 6) is 0.522. The molecule has 2 radical (unpaired) electrons. The number of nitrogens with one attached hydrogen (secondary N) is 1. The molecule has 0 spiro atoms. The van der Waals surface area contributed by atoms with E-state index >= 15 is 0 Å². The Bertz CT molecular complexity index is 112. The Morgan fingerprint density at radius 3 is 2.50 bits per heavy atom. The van der Waals surface area contributed by atoms with Crippen molar-refractivity contribution in [1.29, 1.82) is 0 Å². The molecule has 1 rings (SSSR count). The fourth-order valence-corrected chi connectivity index (χ4v) is 1.13. The van der Waals surface area contributed by atoms with Gasteiger partial charge in [-0.25, -0.2) is 0 Å². The van der Waals surface area contributed by atoms with Crippen LogP contribution in [0.2, 0.25) is 0 Å². The van der Waals surface area contributed by atoms with Crippen molar-refractivity contribution in [3.63, 3.8) is 0 Å². The van der Waals surface area contributed by atoms with E-state index in [1.54, 1.807) is 0 Å². The molecule has 5 heteroatoms. The fourth-order valence-electron chi connectivity index (χ4n) is 0.317. The Balaban J connectivity index is 0.000000490. The molecule has 1 N–H and O–H groups in total. The standard InChI is InChI=1S/C3H3NOS2.Pb.2H/c5-2-1-7-3(6)4-2;;;/h1H2,(H,4,5,6);;;. The van der Waals surface area contributed by atoms with Crippen LogP contribution in [0.25, 0.3) is 0 Å². The number of amides is 1. The quantitative estimate of drug-likeness (QED) is 0.463. The molecule has 0 aromatic carbocycles. The van der Waals surface area contributed by atoms with Crippen molar-refractivity contribution < 1.29 is 4.79 Å². The number of thioether (sulfide) groups is 1. The molecule has 0 bridgehead atoms. The average Bonchev–Trinajstić information content (AvgIpc) is 1.87. The summed E-state index contributed by atoms with van der Waals surface area (Å²) in [6.45, 7) is 0. The predicted octanol–water partition coefficient (Wildman–Crippen LogP) is -0.782. The molecule has 1 fully saturated rings.